The van der Waals surface area contributed by atoms with Crippen LogP contribution < -0.4 is 5.32 Å². The number of aryl methyl sites for hydroxylation is 1. The van der Waals surface area contributed by atoms with E-state index in [-0.39, 0.29) is 0 Å². The minimum Gasteiger partial charge on any atom is -0.316 e. The molecule has 0 radical (unpaired) electrons. The third-order valence-corrected chi connectivity index (χ3v) is 2.64. The summed E-state index contributed by atoms with van der Waals surface area (Å²) in [6.45, 7) is 9.93. The molecule has 0 spiro atoms. The first-order valence-corrected chi connectivity index (χ1v) is 6.48. The van der Waals surface area contributed by atoms with Gasteiger partial charge in [-0.15, -0.1) is 0 Å². The topological polar surface area (TPSA) is 29.9 Å². The molecule has 0 fully saturated rings. The predicted molar refractivity (Wildman–Crippen MR) is 68.5 cm³/mol. The van der Waals surface area contributed by atoms with Gasteiger partial charge in [-0.25, -0.2) is 0 Å². The number of nitrogens with zero attached hydrogens (tertiary/aromatic N) is 2. The third-order valence-electron chi connectivity index (χ3n) is 2.64. The maximum Gasteiger partial charge on any atom is 0.0521 e. The molecule has 1 aromatic heterocycles. The van der Waals surface area contributed by atoms with Crippen molar-refractivity contribution in [2.24, 2.45) is 5.92 Å². The Labute approximate surface area is 99.2 Å². The molecule has 0 amide bonds. The highest BCUT2D eigenvalue weighted by molar-refractivity contribution is 5.04. The zero-order valence-corrected chi connectivity index (χ0v) is 10.9. The molecule has 0 aliphatic rings. The molecule has 0 aliphatic heterocycles. The predicted octanol–water partition coefficient (Wildman–Crippen LogP) is 2.47. The monoisotopic (exact) mass is 223 g/mol. The Morgan fingerprint density at radius 2 is 2.19 bits per heavy atom. The van der Waals surface area contributed by atoms with Crippen LogP contribution in [0, 0.1) is 5.92 Å². The largest absolute Gasteiger partial charge is 0.316 e. The summed E-state index contributed by atoms with van der Waals surface area (Å²) in [4.78, 5) is 0. The van der Waals surface area contributed by atoms with E-state index in [9.17, 15) is 0 Å². The molecule has 1 unspecified atom stereocenters. The molecule has 0 aromatic carbocycles. The van der Waals surface area contributed by atoms with Crippen LogP contribution in [-0.2, 0) is 13.0 Å². The first-order chi connectivity index (χ1) is 7.76. The van der Waals surface area contributed by atoms with E-state index in [1.165, 1.54) is 12.0 Å². The molecule has 1 atom stereocenters. The van der Waals surface area contributed by atoms with Gasteiger partial charge in [-0.1, -0.05) is 20.8 Å². The van der Waals surface area contributed by atoms with Crippen molar-refractivity contribution >= 4 is 0 Å². The summed E-state index contributed by atoms with van der Waals surface area (Å²) < 4.78 is 2.04. The fraction of sp³-hybridized carbons (Fsp3) is 0.769. The lowest BCUT2D eigenvalue weighted by molar-refractivity contribution is 0.510. The van der Waals surface area contributed by atoms with Crippen molar-refractivity contribution in [1.82, 2.24) is 15.1 Å². The van der Waals surface area contributed by atoms with Gasteiger partial charge in [0.05, 0.1) is 6.20 Å². The van der Waals surface area contributed by atoms with Crippen molar-refractivity contribution in [1.29, 1.82) is 0 Å². The second-order valence-electron chi connectivity index (χ2n) is 4.63. The number of hydrogen-bond donors (Lipinski definition) is 1. The fourth-order valence-electron chi connectivity index (χ4n) is 1.86. The van der Waals surface area contributed by atoms with Gasteiger partial charge in [0.25, 0.3) is 0 Å². The lowest BCUT2D eigenvalue weighted by Gasteiger charge is -2.10. The van der Waals surface area contributed by atoms with E-state index in [0.29, 0.717) is 5.92 Å². The van der Waals surface area contributed by atoms with Crippen molar-refractivity contribution in [2.45, 2.75) is 46.6 Å². The Hall–Kier alpha value is -0.830. The molecule has 3 nitrogen and oxygen atoms in total. The second kappa shape index (κ2) is 7.44. The molecular weight excluding hydrogens is 198 g/mol. The molecule has 0 bridgehead atoms. The Morgan fingerprint density at radius 1 is 1.38 bits per heavy atom. The van der Waals surface area contributed by atoms with Gasteiger partial charge in [-0.3, -0.25) is 4.68 Å². The maximum absolute atomic E-state index is 4.35. The average Bonchev–Trinajstić information content (AvgIpc) is 2.66. The van der Waals surface area contributed by atoms with Crippen LogP contribution in [-0.4, -0.2) is 22.9 Å². The SMILES string of the molecule is CCCNCC(C)Cc1cnn(CCC)c1. The second-order valence-corrected chi connectivity index (χ2v) is 4.63. The van der Waals surface area contributed by atoms with Crippen LogP contribution in [0.15, 0.2) is 12.4 Å². The van der Waals surface area contributed by atoms with Crippen molar-refractivity contribution in [3.8, 4) is 0 Å². The van der Waals surface area contributed by atoms with Crippen molar-refractivity contribution < 1.29 is 0 Å². The zero-order chi connectivity index (χ0) is 11.8. The van der Waals surface area contributed by atoms with Gasteiger partial charge >= 0.3 is 0 Å². The van der Waals surface area contributed by atoms with Crippen LogP contribution in [0.3, 0.4) is 0 Å². The highest BCUT2D eigenvalue weighted by Gasteiger charge is 2.05. The highest BCUT2D eigenvalue weighted by Crippen LogP contribution is 2.07. The van der Waals surface area contributed by atoms with E-state index in [1.54, 1.807) is 0 Å². The minimum absolute atomic E-state index is 0.686. The number of nitrogens with one attached hydrogen (secondary N) is 1. The lowest BCUT2D eigenvalue weighted by Crippen LogP contribution is -2.22. The van der Waals surface area contributed by atoms with Crippen LogP contribution in [0.1, 0.15) is 39.2 Å². The Balaban J connectivity index is 2.28. The number of hydrogen-bond acceptors (Lipinski definition) is 2. The van der Waals surface area contributed by atoms with E-state index >= 15 is 0 Å². The highest BCUT2D eigenvalue weighted by atomic mass is 15.3. The summed E-state index contributed by atoms with van der Waals surface area (Å²) in [6.07, 6.45) is 7.67. The summed E-state index contributed by atoms with van der Waals surface area (Å²) >= 11 is 0. The standard InChI is InChI=1S/C13H25N3/c1-4-6-14-9-12(3)8-13-10-15-16(11-13)7-5-2/h10-12,14H,4-9H2,1-3H3. The number of rotatable bonds is 8. The lowest BCUT2D eigenvalue weighted by atomic mass is 10.0. The normalized spacial score (nSPS) is 12.9. The molecule has 0 aliphatic carbocycles. The molecule has 92 valence electrons. The molecule has 0 saturated carbocycles. The molecule has 0 saturated heterocycles. The maximum atomic E-state index is 4.35. The zero-order valence-electron chi connectivity index (χ0n) is 10.9. The molecule has 3 heteroatoms. The van der Waals surface area contributed by atoms with Crippen LogP contribution in [0.25, 0.3) is 0 Å². The molecule has 1 rings (SSSR count). The van der Waals surface area contributed by atoms with Gasteiger partial charge in [0.2, 0.25) is 0 Å². The molecule has 1 heterocycles. The molecular formula is C13H25N3. The summed E-state index contributed by atoms with van der Waals surface area (Å²) in [6, 6.07) is 0. The first kappa shape index (κ1) is 13.2. The van der Waals surface area contributed by atoms with Crippen LogP contribution in [0.4, 0.5) is 0 Å². The van der Waals surface area contributed by atoms with Gasteiger partial charge in [0.15, 0.2) is 0 Å². The third kappa shape index (κ3) is 4.79. The smallest absolute Gasteiger partial charge is 0.0521 e. The average molecular weight is 223 g/mol. The van der Waals surface area contributed by atoms with Crippen molar-refractivity contribution in [3.05, 3.63) is 18.0 Å². The van der Waals surface area contributed by atoms with E-state index in [4.69, 9.17) is 0 Å². The quantitative estimate of drug-likeness (QED) is 0.686. The Morgan fingerprint density at radius 3 is 2.88 bits per heavy atom. The fourth-order valence-corrected chi connectivity index (χ4v) is 1.86. The van der Waals surface area contributed by atoms with Crippen LogP contribution in [0.5, 0.6) is 0 Å². The summed E-state index contributed by atoms with van der Waals surface area (Å²) in [5.41, 5.74) is 1.36. The minimum atomic E-state index is 0.686. The Bertz CT molecular complexity index is 280. The van der Waals surface area contributed by atoms with Crippen LogP contribution >= 0.6 is 0 Å². The van der Waals surface area contributed by atoms with E-state index in [1.807, 2.05) is 10.9 Å². The molecule has 16 heavy (non-hydrogen) atoms. The molecule has 1 aromatic rings. The van der Waals surface area contributed by atoms with Gasteiger partial charge in [0.1, 0.15) is 0 Å². The van der Waals surface area contributed by atoms with Crippen LogP contribution in [0.2, 0.25) is 0 Å². The van der Waals surface area contributed by atoms with E-state index in [0.717, 1.165) is 32.5 Å². The first-order valence-electron chi connectivity index (χ1n) is 6.48. The number of aromatic nitrogens is 2. The van der Waals surface area contributed by atoms with E-state index < -0.39 is 0 Å². The summed E-state index contributed by atoms with van der Waals surface area (Å²) in [5, 5.41) is 7.81. The van der Waals surface area contributed by atoms with Gasteiger partial charge in [-0.2, -0.15) is 5.10 Å². The van der Waals surface area contributed by atoms with Gasteiger partial charge in [-0.05, 0) is 43.8 Å². The Kier molecular flexibility index (Phi) is 6.16. The van der Waals surface area contributed by atoms with Gasteiger partial charge < -0.3 is 5.32 Å². The van der Waals surface area contributed by atoms with Crippen molar-refractivity contribution in [2.75, 3.05) is 13.1 Å². The van der Waals surface area contributed by atoms with E-state index in [2.05, 4.69) is 37.4 Å². The van der Waals surface area contributed by atoms with Gasteiger partial charge in [0, 0.05) is 12.7 Å². The summed E-state index contributed by atoms with van der Waals surface area (Å²) in [5.74, 6) is 0.686. The summed E-state index contributed by atoms with van der Waals surface area (Å²) in [7, 11) is 0. The van der Waals surface area contributed by atoms with Crippen molar-refractivity contribution in [3.63, 3.8) is 0 Å². The molecule has 1 N–H and O–H groups in total.